The smallest absolute Gasteiger partial charge is 0.299 e. The first kappa shape index (κ1) is 22.2. The Kier molecular flexibility index (Phi) is 6.87. The fourth-order valence-electron chi connectivity index (χ4n) is 3.39. The van der Waals surface area contributed by atoms with Crippen LogP contribution in [0.5, 0.6) is 11.5 Å². The Morgan fingerprint density at radius 3 is 2.48 bits per heavy atom. The van der Waals surface area contributed by atoms with Crippen LogP contribution in [-0.2, 0) is 35.3 Å². The fraction of sp³-hybridized carbons (Fsp3) is 0.333. The van der Waals surface area contributed by atoms with Gasteiger partial charge >= 0.3 is 0 Å². The maximum atomic E-state index is 12.1. The Labute approximate surface area is 182 Å². The van der Waals surface area contributed by atoms with Gasteiger partial charge in [0.15, 0.2) is 0 Å². The summed E-state index contributed by atoms with van der Waals surface area (Å²) in [7, 11) is 0.111. The van der Waals surface area contributed by atoms with Gasteiger partial charge in [-0.3, -0.25) is 14.2 Å². The van der Waals surface area contributed by atoms with E-state index in [0.29, 0.717) is 43.1 Å². The normalized spacial score (nSPS) is 12.2. The van der Waals surface area contributed by atoms with Gasteiger partial charge in [-0.25, -0.2) is 8.42 Å². The number of aromatic nitrogens is 2. The molecule has 0 atom stereocenters. The molecule has 2 aromatic rings. The number of ether oxygens (including phenoxy) is 2. The van der Waals surface area contributed by atoms with Crippen LogP contribution in [0.15, 0.2) is 24.9 Å². The van der Waals surface area contributed by atoms with Crippen LogP contribution in [0.1, 0.15) is 35.7 Å². The molecule has 1 aromatic heterocycles. The SMILES string of the molecule is C=C(N[SH](=O)=O)c1c(OC)cc(Cn2cc3c(n2)CN(C(=O)C#CCC)C3)cc1OC. The predicted octanol–water partition coefficient (Wildman–Crippen LogP) is 1.29. The second-order valence-electron chi connectivity index (χ2n) is 6.84. The maximum Gasteiger partial charge on any atom is 0.299 e. The summed E-state index contributed by atoms with van der Waals surface area (Å²) in [6.07, 6.45) is 2.55. The number of carbonyl (C=O) groups is 1. The van der Waals surface area contributed by atoms with Gasteiger partial charge in [-0.1, -0.05) is 19.4 Å². The molecule has 31 heavy (non-hydrogen) atoms. The Hall–Kier alpha value is -3.45. The number of hydrogen-bond acceptors (Lipinski definition) is 6. The van der Waals surface area contributed by atoms with E-state index in [2.05, 4.69) is 28.2 Å². The molecule has 0 saturated carbocycles. The zero-order chi connectivity index (χ0) is 22.5. The van der Waals surface area contributed by atoms with Crippen molar-refractivity contribution in [1.82, 2.24) is 19.4 Å². The van der Waals surface area contributed by atoms with Crippen molar-refractivity contribution >= 4 is 22.5 Å². The van der Waals surface area contributed by atoms with E-state index in [1.54, 1.807) is 21.7 Å². The highest BCUT2D eigenvalue weighted by molar-refractivity contribution is 7.70. The van der Waals surface area contributed by atoms with E-state index in [9.17, 15) is 13.2 Å². The summed E-state index contributed by atoms with van der Waals surface area (Å²) in [6, 6.07) is 3.57. The van der Waals surface area contributed by atoms with Gasteiger partial charge in [0.2, 0.25) is 10.9 Å². The van der Waals surface area contributed by atoms with Gasteiger partial charge in [-0.15, -0.1) is 0 Å². The van der Waals surface area contributed by atoms with Crippen molar-refractivity contribution < 1.29 is 22.7 Å². The lowest BCUT2D eigenvalue weighted by molar-refractivity contribution is -0.125. The zero-order valence-electron chi connectivity index (χ0n) is 17.6. The molecule has 0 spiro atoms. The van der Waals surface area contributed by atoms with Crippen LogP contribution in [-0.4, -0.2) is 43.2 Å². The van der Waals surface area contributed by atoms with Gasteiger partial charge in [0.05, 0.1) is 50.8 Å². The van der Waals surface area contributed by atoms with Crippen molar-refractivity contribution in [3.63, 3.8) is 0 Å². The Morgan fingerprint density at radius 2 is 1.94 bits per heavy atom. The van der Waals surface area contributed by atoms with E-state index in [-0.39, 0.29) is 11.6 Å². The van der Waals surface area contributed by atoms with Gasteiger partial charge < -0.3 is 14.4 Å². The third kappa shape index (κ3) is 5.00. The Balaban J connectivity index is 1.80. The average molecular weight is 445 g/mol. The number of thiol groups is 1. The molecule has 10 heteroatoms. The number of nitrogens with zero attached hydrogens (tertiary/aromatic N) is 3. The number of rotatable bonds is 7. The van der Waals surface area contributed by atoms with E-state index in [4.69, 9.17) is 9.47 Å². The van der Waals surface area contributed by atoms with Crippen molar-refractivity contribution in [2.24, 2.45) is 0 Å². The molecule has 0 unspecified atom stereocenters. The first-order valence-electron chi connectivity index (χ1n) is 9.54. The highest BCUT2D eigenvalue weighted by atomic mass is 32.2. The van der Waals surface area contributed by atoms with Crippen LogP contribution in [0, 0.1) is 11.8 Å². The number of benzene rings is 1. The number of hydrogen-bond donors (Lipinski definition) is 2. The minimum atomic E-state index is -2.87. The summed E-state index contributed by atoms with van der Waals surface area (Å²) < 4.78 is 37.0. The molecule has 0 bridgehead atoms. The highest BCUT2D eigenvalue weighted by Gasteiger charge is 2.25. The number of carbonyl (C=O) groups excluding carboxylic acids is 1. The van der Waals surface area contributed by atoms with Crippen LogP contribution in [0.25, 0.3) is 5.70 Å². The standard InChI is InChI=1S/C21H24N4O5S/c1-5-6-7-20(26)24-11-16-12-25(22-17(16)13-24)10-15-8-18(29-3)21(19(9-15)30-4)14(2)23-31(27)28/h8-9,12,31H,2,5,10-11,13H2,1,3-4H3,(H,23,27,28). The average Bonchev–Trinajstić information content (AvgIpc) is 3.29. The minimum absolute atomic E-state index is 0.158. The van der Waals surface area contributed by atoms with E-state index in [1.807, 2.05) is 13.1 Å². The number of methoxy groups -OCH3 is 2. The molecular formula is C21H24N4O5S. The third-order valence-electron chi connectivity index (χ3n) is 4.72. The number of nitrogens with one attached hydrogen (secondary N) is 1. The summed E-state index contributed by atoms with van der Waals surface area (Å²) in [5.74, 6) is 6.09. The van der Waals surface area contributed by atoms with Crippen LogP contribution in [0.4, 0.5) is 0 Å². The molecule has 0 radical (unpaired) electrons. The molecule has 164 valence electrons. The summed E-state index contributed by atoms with van der Waals surface area (Å²) in [4.78, 5) is 13.8. The lowest BCUT2D eigenvalue weighted by atomic mass is 10.1. The summed E-state index contributed by atoms with van der Waals surface area (Å²) in [5.41, 5.74) is 3.27. The summed E-state index contributed by atoms with van der Waals surface area (Å²) in [5, 5.41) is 4.59. The second kappa shape index (κ2) is 9.57. The van der Waals surface area contributed by atoms with Gasteiger partial charge in [-0.2, -0.15) is 5.10 Å². The van der Waals surface area contributed by atoms with Crippen molar-refractivity contribution in [3.05, 3.63) is 47.3 Å². The highest BCUT2D eigenvalue weighted by Crippen LogP contribution is 2.35. The van der Waals surface area contributed by atoms with Gasteiger partial charge in [-0.05, 0) is 23.6 Å². The van der Waals surface area contributed by atoms with Gasteiger partial charge in [0, 0.05) is 18.2 Å². The van der Waals surface area contributed by atoms with Crippen molar-refractivity contribution in [1.29, 1.82) is 0 Å². The molecule has 0 saturated heterocycles. The Bertz CT molecular complexity index is 1100. The fourth-order valence-corrected chi connectivity index (χ4v) is 3.72. The molecule has 1 N–H and O–H groups in total. The Morgan fingerprint density at radius 1 is 1.26 bits per heavy atom. The predicted molar refractivity (Wildman–Crippen MR) is 116 cm³/mol. The first-order valence-corrected chi connectivity index (χ1v) is 10.7. The van der Waals surface area contributed by atoms with Crippen molar-refractivity contribution in [2.75, 3.05) is 14.2 Å². The lowest BCUT2D eigenvalue weighted by Gasteiger charge is -2.17. The van der Waals surface area contributed by atoms with Crippen LogP contribution >= 0.6 is 0 Å². The topological polar surface area (TPSA) is 103 Å². The van der Waals surface area contributed by atoms with Crippen LogP contribution in [0.3, 0.4) is 0 Å². The molecule has 2 heterocycles. The minimum Gasteiger partial charge on any atom is -0.496 e. The van der Waals surface area contributed by atoms with Crippen molar-refractivity contribution in [2.45, 2.75) is 33.0 Å². The molecule has 0 aliphatic carbocycles. The summed E-state index contributed by atoms with van der Waals surface area (Å²) in [6.45, 7) is 7.02. The molecule has 1 aliphatic heterocycles. The molecular weight excluding hydrogens is 420 g/mol. The second-order valence-corrected chi connectivity index (χ2v) is 7.58. The molecule has 1 aromatic carbocycles. The molecule has 1 amide bonds. The molecule has 3 rings (SSSR count). The summed E-state index contributed by atoms with van der Waals surface area (Å²) >= 11 is 0. The largest absolute Gasteiger partial charge is 0.496 e. The third-order valence-corrected chi connectivity index (χ3v) is 5.18. The van der Waals surface area contributed by atoms with E-state index in [0.717, 1.165) is 16.8 Å². The monoisotopic (exact) mass is 444 g/mol. The van der Waals surface area contributed by atoms with Crippen LogP contribution < -0.4 is 14.2 Å². The molecule has 9 nitrogen and oxygen atoms in total. The van der Waals surface area contributed by atoms with Crippen LogP contribution in [0.2, 0.25) is 0 Å². The van der Waals surface area contributed by atoms with E-state index >= 15 is 0 Å². The lowest BCUT2D eigenvalue weighted by Crippen LogP contribution is -2.24. The van der Waals surface area contributed by atoms with Crippen molar-refractivity contribution in [3.8, 4) is 23.3 Å². The van der Waals surface area contributed by atoms with Gasteiger partial charge in [0.25, 0.3) is 5.91 Å². The molecule has 1 aliphatic rings. The quantitative estimate of drug-likeness (QED) is 0.493. The molecule has 0 fully saturated rings. The van der Waals surface area contributed by atoms with E-state index in [1.165, 1.54) is 14.2 Å². The number of fused-ring (bicyclic) bond motifs is 1. The maximum absolute atomic E-state index is 12.1. The van der Waals surface area contributed by atoms with E-state index < -0.39 is 10.9 Å². The first-order chi connectivity index (χ1) is 14.9. The van der Waals surface area contributed by atoms with Gasteiger partial charge in [0.1, 0.15) is 11.5 Å². The zero-order valence-corrected chi connectivity index (χ0v) is 18.5. The number of amides is 1.